The van der Waals surface area contributed by atoms with Crippen molar-refractivity contribution in [2.24, 2.45) is 4.99 Å². The van der Waals surface area contributed by atoms with Crippen molar-refractivity contribution in [1.82, 2.24) is 20.0 Å². The lowest BCUT2D eigenvalue weighted by atomic mass is 10.2. The van der Waals surface area contributed by atoms with Crippen molar-refractivity contribution in [2.75, 3.05) is 52.9 Å². The molecule has 0 aromatic carbocycles. The summed E-state index contributed by atoms with van der Waals surface area (Å²) in [7, 11) is 1.77. The molecule has 2 aliphatic heterocycles. The molecule has 2 heterocycles. The van der Waals surface area contributed by atoms with Crippen LogP contribution < -0.4 is 5.32 Å². The van der Waals surface area contributed by atoms with Crippen LogP contribution in [0.15, 0.2) is 4.99 Å². The lowest BCUT2D eigenvalue weighted by molar-refractivity contribution is -0.135. The highest BCUT2D eigenvalue weighted by Crippen LogP contribution is 2.13. The summed E-state index contributed by atoms with van der Waals surface area (Å²) in [5.41, 5.74) is 0. The molecule has 2 aliphatic rings. The first kappa shape index (κ1) is 16.6. The molecule has 0 bridgehead atoms. The van der Waals surface area contributed by atoms with Gasteiger partial charge in [-0.15, -0.1) is 6.42 Å². The topological polar surface area (TPSA) is 51.2 Å². The van der Waals surface area contributed by atoms with E-state index < -0.39 is 0 Å². The van der Waals surface area contributed by atoms with Crippen molar-refractivity contribution in [2.45, 2.75) is 25.8 Å². The van der Waals surface area contributed by atoms with Crippen molar-refractivity contribution < 1.29 is 4.79 Å². The first-order chi connectivity index (χ1) is 10.7. The zero-order valence-corrected chi connectivity index (χ0v) is 13.7. The Labute approximate surface area is 133 Å². The van der Waals surface area contributed by atoms with Gasteiger partial charge < -0.3 is 15.1 Å². The third-order valence-corrected chi connectivity index (χ3v) is 4.50. The monoisotopic (exact) mass is 305 g/mol. The molecule has 0 aromatic rings. The fourth-order valence-electron chi connectivity index (χ4n) is 3.14. The summed E-state index contributed by atoms with van der Waals surface area (Å²) in [6.07, 6.45) is 7.56. The molecule has 0 saturated carbocycles. The molecule has 0 aliphatic carbocycles. The summed E-state index contributed by atoms with van der Waals surface area (Å²) in [6, 6.07) is -0.0269. The average molecular weight is 305 g/mol. The molecular formula is C16H27N5O. The quantitative estimate of drug-likeness (QED) is 0.447. The second kappa shape index (κ2) is 8.04. The third kappa shape index (κ3) is 3.92. The van der Waals surface area contributed by atoms with Gasteiger partial charge in [-0.25, -0.2) is 0 Å². The summed E-state index contributed by atoms with van der Waals surface area (Å²) < 4.78 is 0. The Kier molecular flexibility index (Phi) is 6.08. The number of carbonyl (C=O) groups excluding carboxylic acids is 1. The number of hydrogen-bond donors (Lipinski definition) is 1. The Balaban J connectivity index is 1.83. The Bertz CT molecular complexity index is 442. The van der Waals surface area contributed by atoms with E-state index in [1.54, 1.807) is 7.05 Å². The van der Waals surface area contributed by atoms with E-state index >= 15 is 0 Å². The van der Waals surface area contributed by atoms with Gasteiger partial charge in [0, 0.05) is 46.3 Å². The normalized spacial score (nSPS) is 21.6. The SMILES string of the molecule is C#CCNC(=NC)N1CCN(C(C)C(=O)N2CCCC2)CC1. The summed E-state index contributed by atoms with van der Waals surface area (Å²) >= 11 is 0. The number of likely N-dealkylation sites (tertiary alicyclic amines) is 1. The van der Waals surface area contributed by atoms with Gasteiger partial charge in [0.25, 0.3) is 0 Å². The molecule has 0 aromatic heterocycles. The standard InChI is InChI=1S/C16H27N5O/c1-4-7-18-16(17-3)21-12-10-19(11-13-21)14(2)15(22)20-8-5-6-9-20/h1,14H,5-13H2,2-3H3,(H,17,18). The second-order valence-electron chi connectivity index (χ2n) is 5.84. The fourth-order valence-corrected chi connectivity index (χ4v) is 3.14. The van der Waals surface area contributed by atoms with E-state index in [1.807, 2.05) is 11.8 Å². The molecule has 22 heavy (non-hydrogen) atoms. The maximum absolute atomic E-state index is 12.5. The fraction of sp³-hybridized carbons (Fsp3) is 0.750. The second-order valence-corrected chi connectivity index (χ2v) is 5.84. The number of nitrogens with zero attached hydrogens (tertiary/aromatic N) is 4. The first-order valence-electron chi connectivity index (χ1n) is 8.09. The van der Waals surface area contributed by atoms with Gasteiger partial charge in [-0.1, -0.05) is 5.92 Å². The molecule has 1 N–H and O–H groups in total. The molecule has 6 nitrogen and oxygen atoms in total. The van der Waals surface area contributed by atoms with Crippen molar-refractivity contribution >= 4 is 11.9 Å². The van der Waals surface area contributed by atoms with Crippen molar-refractivity contribution in [3.8, 4) is 12.3 Å². The van der Waals surface area contributed by atoms with E-state index in [9.17, 15) is 4.79 Å². The number of rotatable bonds is 3. The highest BCUT2D eigenvalue weighted by molar-refractivity contribution is 5.82. The van der Waals surface area contributed by atoms with Crippen LogP contribution in [0.4, 0.5) is 0 Å². The van der Waals surface area contributed by atoms with Crippen LogP contribution >= 0.6 is 0 Å². The molecule has 122 valence electrons. The molecule has 0 spiro atoms. The van der Waals surface area contributed by atoms with Crippen LogP contribution in [-0.4, -0.2) is 85.5 Å². The minimum atomic E-state index is -0.0269. The number of hydrogen-bond acceptors (Lipinski definition) is 3. The van der Waals surface area contributed by atoms with Gasteiger partial charge in [0.1, 0.15) is 0 Å². The Morgan fingerprint density at radius 1 is 1.18 bits per heavy atom. The Morgan fingerprint density at radius 2 is 1.82 bits per heavy atom. The number of terminal acetylenes is 1. The minimum Gasteiger partial charge on any atom is -0.345 e. The van der Waals surface area contributed by atoms with E-state index in [-0.39, 0.29) is 11.9 Å². The number of amides is 1. The number of guanidine groups is 1. The number of nitrogens with one attached hydrogen (secondary N) is 1. The van der Waals surface area contributed by atoms with Gasteiger partial charge >= 0.3 is 0 Å². The van der Waals surface area contributed by atoms with Gasteiger partial charge in [-0.05, 0) is 19.8 Å². The first-order valence-corrected chi connectivity index (χ1v) is 8.09. The molecule has 1 atom stereocenters. The Morgan fingerprint density at radius 3 is 2.36 bits per heavy atom. The summed E-state index contributed by atoms with van der Waals surface area (Å²) in [5.74, 6) is 3.69. The third-order valence-electron chi connectivity index (χ3n) is 4.50. The molecule has 0 radical (unpaired) electrons. The molecule has 2 fully saturated rings. The molecule has 2 rings (SSSR count). The maximum atomic E-state index is 12.5. The van der Waals surface area contributed by atoms with E-state index in [2.05, 4.69) is 26.0 Å². The van der Waals surface area contributed by atoms with E-state index in [4.69, 9.17) is 6.42 Å². The molecule has 6 heteroatoms. The Hall–Kier alpha value is -1.74. The zero-order chi connectivity index (χ0) is 15.9. The zero-order valence-electron chi connectivity index (χ0n) is 13.7. The van der Waals surface area contributed by atoms with Gasteiger partial charge in [-0.2, -0.15) is 0 Å². The molecule has 1 amide bonds. The molecule has 2 saturated heterocycles. The summed E-state index contributed by atoms with van der Waals surface area (Å²) in [4.78, 5) is 23.2. The van der Waals surface area contributed by atoms with Gasteiger partial charge in [0.05, 0.1) is 12.6 Å². The number of carbonyl (C=O) groups is 1. The average Bonchev–Trinajstić information content (AvgIpc) is 3.09. The van der Waals surface area contributed by atoms with Crippen molar-refractivity contribution in [1.29, 1.82) is 0 Å². The van der Waals surface area contributed by atoms with Crippen LogP contribution in [0.3, 0.4) is 0 Å². The minimum absolute atomic E-state index is 0.0269. The van der Waals surface area contributed by atoms with Gasteiger partial charge in [0.2, 0.25) is 5.91 Å². The summed E-state index contributed by atoms with van der Waals surface area (Å²) in [5, 5.41) is 3.15. The molecular weight excluding hydrogens is 278 g/mol. The highest BCUT2D eigenvalue weighted by atomic mass is 16.2. The smallest absolute Gasteiger partial charge is 0.239 e. The van der Waals surface area contributed by atoms with Crippen LogP contribution in [0.2, 0.25) is 0 Å². The lowest BCUT2D eigenvalue weighted by Gasteiger charge is -2.39. The van der Waals surface area contributed by atoms with Crippen LogP contribution in [0, 0.1) is 12.3 Å². The highest BCUT2D eigenvalue weighted by Gasteiger charge is 2.30. The van der Waals surface area contributed by atoms with Crippen molar-refractivity contribution in [3.05, 3.63) is 0 Å². The largest absolute Gasteiger partial charge is 0.345 e. The predicted molar refractivity (Wildman–Crippen MR) is 88.6 cm³/mol. The van der Waals surface area contributed by atoms with Crippen LogP contribution in [-0.2, 0) is 4.79 Å². The number of aliphatic imine (C=N–C) groups is 1. The summed E-state index contributed by atoms with van der Waals surface area (Å²) in [6.45, 7) is 7.83. The van der Waals surface area contributed by atoms with Crippen LogP contribution in [0.25, 0.3) is 0 Å². The predicted octanol–water partition coefficient (Wildman–Crippen LogP) is -0.176. The van der Waals surface area contributed by atoms with E-state index in [0.717, 1.165) is 58.1 Å². The lowest BCUT2D eigenvalue weighted by Crippen LogP contribution is -2.57. The van der Waals surface area contributed by atoms with Gasteiger partial charge in [0.15, 0.2) is 5.96 Å². The van der Waals surface area contributed by atoms with E-state index in [1.165, 1.54) is 0 Å². The van der Waals surface area contributed by atoms with Gasteiger partial charge in [-0.3, -0.25) is 14.7 Å². The van der Waals surface area contributed by atoms with Crippen molar-refractivity contribution in [3.63, 3.8) is 0 Å². The number of piperazine rings is 1. The van der Waals surface area contributed by atoms with E-state index in [0.29, 0.717) is 6.54 Å². The maximum Gasteiger partial charge on any atom is 0.239 e. The molecule has 1 unspecified atom stereocenters. The van der Waals surface area contributed by atoms with Crippen LogP contribution in [0.1, 0.15) is 19.8 Å². The van der Waals surface area contributed by atoms with Crippen LogP contribution in [0.5, 0.6) is 0 Å².